The highest BCUT2D eigenvalue weighted by Gasteiger charge is 2.24. The number of hydrogen-bond donors (Lipinski definition) is 3. The van der Waals surface area contributed by atoms with Gasteiger partial charge in [-0.3, -0.25) is 9.79 Å². The fourth-order valence-electron chi connectivity index (χ4n) is 2.41. The third-order valence-corrected chi connectivity index (χ3v) is 3.48. The zero-order valence-electron chi connectivity index (χ0n) is 9.54. The van der Waals surface area contributed by atoms with Crippen molar-refractivity contribution in [3.05, 3.63) is 0 Å². The second-order valence-corrected chi connectivity index (χ2v) is 4.66. The number of primary amides is 1. The molecule has 0 aromatic rings. The van der Waals surface area contributed by atoms with Crippen LogP contribution in [0.1, 0.15) is 25.7 Å². The molecule has 16 heavy (non-hydrogen) atoms. The smallest absolute Gasteiger partial charge is 0.220 e. The van der Waals surface area contributed by atoms with Crippen molar-refractivity contribution in [1.29, 1.82) is 0 Å². The van der Waals surface area contributed by atoms with Crippen LogP contribution in [0.3, 0.4) is 0 Å². The van der Waals surface area contributed by atoms with Gasteiger partial charge in [0, 0.05) is 19.0 Å². The van der Waals surface area contributed by atoms with Gasteiger partial charge in [0.05, 0.1) is 6.54 Å². The minimum atomic E-state index is -0.131. The van der Waals surface area contributed by atoms with Crippen molar-refractivity contribution >= 4 is 11.9 Å². The lowest BCUT2D eigenvalue weighted by atomic mass is 9.82. The fourth-order valence-corrected chi connectivity index (χ4v) is 2.41. The Morgan fingerprint density at radius 1 is 1.44 bits per heavy atom. The summed E-state index contributed by atoms with van der Waals surface area (Å²) in [6, 6.07) is 0. The summed E-state index contributed by atoms with van der Waals surface area (Å²) in [4.78, 5) is 15.3. The Labute approximate surface area is 95.9 Å². The summed E-state index contributed by atoms with van der Waals surface area (Å²) < 4.78 is 0. The number of nitrogens with two attached hydrogens (primary N) is 1. The zero-order valence-corrected chi connectivity index (χ0v) is 9.54. The molecule has 0 spiro atoms. The average molecular weight is 224 g/mol. The van der Waals surface area contributed by atoms with Crippen LogP contribution in [0.25, 0.3) is 0 Å². The van der Waals surface area contributed by atoms with Gasteiger partial charge >= 0.3 is 0 Å². The first kappa shape index (κ1) is 11.2. The van der Waals surface area contributed by atoms with Crippen molar-refractivity contribution in [2.24, 2.45) is 22.6 Å². The number of carbonyl (C=O) groups excluding carboxylic acids is 1. The number of amides is 1. The third-order valence-electron chi connectivity index (χ3n) is 3.48. The molecule has 0 bridgehead atoms. The highest BCUT2D eigenvalue weighted by molar-refractivity contribution is 5.81. The lowest BCUT2D eigenvalue weighted by Gasteiger charge is -2.26. The van der Waals surface area contributed by atoms with E-state index < -0.39 is 0 Å². The second kappa shape index (κ2) is 5.18. The van der Waals surface area contributed by atoms with Gasteiger partial charge in [-0.2, -0.15) is 0 Å². The van der Waals surface area contributed by atoms with Crippen LogP contribution in [0.15, 0.2) is 4.99 Å². The van der Waals surface area contributed by atoms with Crippen molar-refractivity contribution in [3.8, 4) is 0 Å². The monoisotopic (exact) mass is 224 g/mol. The molecule has 5 heteroatoms. The van der Waals surface area contributed by atoms with Crippen LogP contribution in [0, 0.1) is 11.8 Å². The molecule has 1 fully saturated rings. The lowest BCUT2D eigenvalue weighted by Crippen LogP contribution is -2.38. The summed E-state index contributed by atoms with van der Waals surface area (Å²) in [5.41, 5.74) is 5.30. The number of rotatable bonds is 3. The first-order valence-corrected chi connectivity index (χ1v) is 6.07. The zero-order chi connectivity index (χ0) is 11.4. The quantitative estimate of drug-likeness (QED) is 0.622. The molecule has 1 aliphatic heterocycles. The number of guanidine groups is 1. The topological polar surface area (TPSA) is 79.5 Å². The molecule has 0 aromatic carbocycles. The second-order valence-electron chi connectivity index (χ2n) is 4.66. The van der Waals surface area contributed by atoms with E-state index in [1.807, 2.05) is 0 Å². The lowest BCUT2D eigenvalue weighted by molar-refractivity contribution is -0.122. The minimum Gasteiger partial charge on any atom is -0.369 e. The van der Waals surface area contributed by atoms with E-state index in [1.165, 1.54) is 0 Å². The van der Waals surface area contributed by atoms with E-state index in [1.54, 1.807) is 0 Å². The van der Waals surface area contributed by atoms with Crippen LogP contribution >= 0.6 is 0 Å². The summed E-state index contributed by atoms with van der Waals surface area (Å²) in [5, 5.41) is 6.51. The molecule has 5 nitrogen and oxygen atoms in total. The van der Waals surface area contributed by atoms with E-state index in [9.17, 15) is 4.79 Å². The SMILES string of the molecule is NC(=O)C1CCC(CNC2=NCCN2)CC1. The fraction of sp³-hybridized carbons (Fsp3) is 0.818. The number of aliphatic imine (C=N–C) groups is 1. The van der Waals surface area contributed by atoms with E-state index in [0.717, 1.165) is 51.3 Å². The van der Waals surface area contributed by atoms with Gasteiger partial charge < -0.3 is 16.4 Å². The van der Waals surface area contributed by atoms with Gasteiger partial charge in [-0.05, 0) is 31.6 Å². The van der Waals surface area contributed by atoms with Gasteiger partial charge in [0.25, 0.3) is 0 Å². The van der Waals surface area contributed by atoms with Crippen LogP contribution < -0.4 is 16.4 Å². The Balaban J connectivity index is 1.67. The first-order chi connectivity index (χ1) is 7.75. The highest BCUT2D eigenvalue weighted by atomic mass is 16.1. The van der Waals surface area contributed by atoms with Gasteiger partial charge in [0.15, 0.2) is 5.96 Å². The summed E-state index contributed by atoms with van der Waals surface area (Å²) in [6.07, 6.45) is 4.07. The number of nitrogens with one attached hydrogen (secondary N) is 2. The van der Waals surface area contributed by atoms with Gasteiger partial charge in [0.2, 0.25) is 5.91 Å². The predicted octanol–water partition coefficient (Wildman–Crippen LogP) is -0.173. The summed E-state index contributed by atoms with van der Waals surface area (Å²) in [6.45, 7) is 2.77. The molecule has 1 amide bonds. The Morgan fingerprint density at radius 3 is 2.75 bits per heavy atom. The standard InChI is InChI=1S/C11H20N4O/c12-10(16)9-3-1-8(2-4-9)7-15-11-13-5-6-14-11/h8-9H,1-7H2,(H2,12,16)(H2,13,14,15). The van der Waals surface area contributed by atoms with E-state index in [2.05, 4.69) is 15.6 Å². The van der Waals surface area contributed by atoms with Crippen molar-refractivity contribution in [2.75, 3.05) is 19.6 Å². The summed E-state index contributed by atoms with van der Waals surface area (Å²) >= 11 is 0. The molecule has 1 saturated carbocycles. The van der Waals surface area contributed by atoms with E-state index in [-0.39, 0.29) is 11.8 Å². The highest BCUT2D eigenvalue weighted by Crippen LogP contribution is 2.27. The maximum absolute atomic E-state index is 11.0. The molecule has 0 radical (unpaired) electrons. The van der Waals surface area contributed by atoms with Gasteiger partial charge in [-0.1, -0.05) is 0 Å². The molecule has 4 N–H and O–H groups in total. The predicted molar refractivity (Wildman–Crippen MR) is 62.9 cm³/mol. The van der Waals surface area contributed by atoms with Crippen molar-refractivity contribution < 1.29 is 4.79 Å². The van der Waals surface area contributed by atoms with E-state index in [0.29, 0.717) is 5.92 Å². The molecule has 2 rings (SSSR count). The van der Waals surface area contributed by atoms with Crippen LogP contribution in [0.5, 0.6) is 0 Å². The maximum atomic E-state index is 11.0. The van der Waals surface area contributed by atoms with E-state index >= 15 is 0 Å². The Kier molecular flexibility index (Phi) is 3.64. The minimum absolute atomic E-state index is 0.109. The molecule has 1 heterocycles. The Hall–Kier alpha value is -1.26. The van der Waals surface area contributed by atoms with Gasteiger partial charge in [0.1, 0.15) is 0 Å². The summed E-state index contributed by atoms with van der Waals surface area (Å²) in [7, 11) is 0. The van der Waals surface area contributed by atoms with Crippen molar-refractivity contribution in [2.45, 2.75) is 25.7 Å². The molecule has 0 saturated heterocycles. The molecule has 0 unspecified atom stereocenters. The van der Waals surface area contributed by atoms with Crippen LogP contribution in [-0.2, 0) is 4.79 Å². The molecule has 1 aliphatic carbocycles. The van der Waals surface area contributed by atoms with Gasteiger partial charge in [-0.15, -0.1) is 0 Å². The molecule has 0 aromatic heterocycles. The first-order valence-electron chi connectivity index (χ1n) is 6.07. The largest absolute Gasteiger partial charge is 0.369 e. The Bertz CT molecular complexity index is 282. The number of nitrogens with zero attached hydrogens (tertiary/aromatic N) is 1. The third kappa shape index (κ3) is 2.87. The van der Waals surface area contributed by atoms with Gasteiger partial charge in [-0.25, -0.2) is 0 Å². The number of carbonyl (C=O) groups is 1. The molecule has 90 valence electrons. The molecular weight excluding hydrogens is 204 g/mol. The van der Waals surface area contributed by atoms with E-state index in [4.69, 9.17) is 5.73 Å². The van der Waals surface area contributed by atoms with Crippen LogP contribution in [-0.4, -0.2) is 31.5 Å². The summed E-state index contributed by atoms with van der Waals surface area (Å²) in [5.74, 6) is 1.56. The van der Waals surface area contributed by atoms with Crippen molar-refractivity contribution in [1.82, 2.24) is 10.6 Å². The molecule has 0 atom stereocenters. The average Bonchev–Trinajstić information content (AvgIpc) is 2.80. The van der Waals surface area contributed by atoms with Crippen LogP contribution in [0.4, 0.5) is 0 Å². The maximum Gasteiger partial charge on any atom is 0.220 e. The Morgan fingerprint density at radius 2 is 2.19 bits per heavy atom. The van der Waals surface area contributed by atoms with Crippen LogP contribution in [0.2, 0.25) is 0 Å². The number of hydrogen-bond acceptors (Lipinski definition) is 4. The molecular formula is C11H20N4O. The van der Waals surface area contributed by atoms with Crippen molar-refractivity contribution in [3.63, 3.8) is 0 Å². The normalized spacial score (nSPS) is 29.4. The molecule has 2 aliphatic rings.